The number of benzene rings is 1. The van der Waals surface area contributed by atoms with Crippen LogP contribution >= 0.6 is 23.1 Å². The van der Waals surface area contributed by atoms with Gasteiger partial charge in [0, 0.05) is 13.0 Å². The summed E-state index contributed by atoms with van der Waals surface area (Å²) < 4.78 is 0.696. The fraction of sp³-hybridized carbons (Fsp3) is 0.444. The van der Waals surface area contributed by atoms with Gasteiger partial charge >= 0.3 is 0 Å². The van der Waals surface area contributed by atoms with Gasteiger partial charge in [-0.3, -0.25) is 14.5 Å². The molecule has 2 unspecified atom stereocenters. The molecule has 0 aliphatic heterocycles. The van der Waals surface area contributed by atoms with Gasteiger partial charge in [0.15, 0.2) is 4.34 Å². The van der Waals surface area contributed by atoms with E-state index in [2.05, 4.69) is 15.5 Å². The highest BCUT2D eigenvalue weighted by Gasteiger charge is 2.34. The Balaban J connectivity index is 1.58. The normalized spacial score (nSPS) is 16.0. The molecule has 1 aliphatic carbocycles. The van der Waals surface area contributed by atoms with Gasteiger partial charge < -0.3 is 5.32 Å². The predicted octanol–water partition coefficient (Wildman–Crippen LogP) is 3.41. The molecule has 26 heavy (non-hydrogen) atoms. The zero-order chi connectivity index (χ0) is 18.7. The summed E-state index contributed by atoms with van der Waals surface area (Å²) in [4.78, 5) is 26.0. The van der Waals surface area contributed by atoms with Crippen molar-refractivity contribution < 1.29 is 9.59 Å². The van der Waals surface area contributed by atoms with Crippen LogP contribution in [-0.4, -0.2) is 33.3 Å². The van der Waals surface area contributed by atoms with E-state index in [0.717, 1.165) is 18.4 Å². The standard InChI is InChI=1S/C18H22N4O2S2/c1-11(14-7-5-4-6-8-14)19-16(24)12(2)25-18-21-20-17(26-18)22(13(3)23)15-9-10-15/h4-8,11-12,15H,9-10H2,1-3H3,(H,19,24). The lowest BCUT2D eigenvalue weighted by atomic mass is 10.1. The third-order valence-corrected chi connectivity index (χ3v) is 6.27. The lowest BCUT2D eigenvalue weighted by molar-refractivity contribution is -0.121. The number of nitrogens with one attached hydrogen (secondary N) is 1. The lowest BCUT2D eigenvalue weighted by Gasteiger charge is -2.17. The highest BCUT2D eigenvalue weighted by Crippen LogP contribution is 2.36. The number of amides is 2. The van der Waals surface area contributed by atoms with Crippen LogP contribution in [0.1, 0.15) is 45.2 Å². The van der Waals surface area contributed by atoms with Gasteiger partial charge in [0.05, 0.1) is 11.3 Å². The molecule has 1 aromatic heterocycles. The van der Waals surface area contributed by atoms with Crippen LogP contribution in [0.15, 0.2) is 34.7 Å². The summed E-state index contributed by atoms with van der Waals surface area (Å²) in [6, 6.07) is 10.1. The number of carbonyl (C=O) groups excluding carboxylic acids is 2. The molecule has 6 nitrogen and oxygen atoms in total. The van der Waals surface area contributed by atoms with Gasteiger partial charge in [-0.25, -0.2) is 0 Å². The fourth-order valence-electron chi connectivity index (χ4n) is 2.59. The maximum absolute atomic E-state index is 12.5. The number of nitrogens with zero attached hydrogens (tertiary/aromatic N) is 3. The highest BCUT2D eigenvalue weighted by molar-refractivity contribution is 8.02. The van der Waals surface area contributed by atoms with Gasteiger partial charge in [-0.05, 0) is 32.3 Å². The second-order valence-electron chi connectivity index (χ2n) is 6.37. The number of thioether (sulfide) groups is 1. The van der Waals surface area contributed by atoms with Crippen molar-refractivity contribution in [2.45, 2.75) is 55.3 Å². The number of carbonyl (C=O) groups is 2. The van der Waals surface area contributed by atoms with Crippen LogP contribution in [0.25, 0.3) is 0 Å². The van der Waals surface area contributed by atoms with Crippen LogP contribution in [0.4, 0.5) is 5.13 Å². The van der Waals surface area contributed by atoms with Crippen molar-refractivity contribution >= 4 is 40.0 Å². The third-order valence-electron chi connectivity index (χ3n) is 4.16. The quantitative estimate of drug-likeness (QED) is 0.579. The van der Waals surface area contributed by atoms with Crippen LogP contribution in [0.2, 0.25) is 0 Å². The monoisotopic (exact) mass is 390 g/mol. The van der Waals surface area contributed by atoms with Crippen molar-refractivity contribution in [3.8, 4) is 0 Å². The first-order valence-electron chi connectivity index (χ1n) is 8.61. The molecule has 8 heteroatoms. The summed E-state index contributed by atoms with van der Waals surface area (Å²) in [5.74, 6) is -0.0589. The lowest BCUT2D eigenvalue weighted by Crippen LogP contribution is -2.33. The Bertz CT molecular complexity index is 777. The Morgan fingerprint density at radius 1 is 1.23 bits per heavy atom. The van der Waals surface area contributed by atoms with Crippen molar-refractivity contribution in [2.24, 2.45) is 0 Å². The van der Waals surface area contributed by atoms with Crippen molar-refractivity contribution in [2.75, 3.05) is 4.90 Å². The third kappa shape index (κ3) is 4.62. The molecule has 2 aromatic rings. The Kier molecular flexibility index (Phi) is 5.93. The van der Waals surface area contributed by atoms with Crippen molar-refractivity contribution in [1.29, 1.82) is 0 Å². The summed E-state index contributed by atoms with van der Waals surface area (Å²) in [5.41, 5.74) is 1.07. The van der Waals surface area contributed by atoms with E-state index >= 15 is 0 Å². The molecule has 1 aliphatic rings. The molecule has 2 atom stereocenters. The van der Waals surface area contributed by atoms with Crippen molar-refractivity contribution in [3.63, 3.8) is 0 Å². The van der Waals surface area contributed by atoms with E-state index < -0.39 is 0 Å². The first-order valence-corrected chi connectivity index (χ1v) is 10.3. The Labute approximate surface area is 161 Å². The Morgan fingerprint density at radius 2 is 1.92 bits per heavy atom. The van der Waals surface area contributed by atoms with E-state index in [0.29, 0.717) is 9.47 Å². The van der Waals surface area contributed by atoms with Gasteiger partial charge in [0.25, 0.3) is 0 Å². The minimum Gasteiger partial charge on any atom is -0.349 e. The zero-order valence-electron chi connectivity index (χ0n) is 15.0. The van der Waals surface area contributed by atoms with E-state index in [1.807, 2.05) is 44.2 Å². The van der Waals surface area contributed by atoms with Gasteiger partial charge in [-0.15, -0.1) is 10.2 Å². The maximum atomic E-state index is 12.5. The first kappa shape index (κ1) is 18.8. The number of rotatable bonds is 7. The number of hydrogen-bond acceptors (Lipinski definition) is 6. The minimum absolute atomic E-state index is 0.0114. The van der Waals surface area contributed by atoms with Gasteiger partial charge in [-0.1, -0.05) is 53.4 Å². The topological polar surface area (TPSA) is 75.2 Å². The summed E-state index contributed by atoms with van der Waals surface area (Å²) in [5, 5.41) is 11.6. The molecule has 0 saturated heterocycles. The molecular formula is C18H22N4O2S2. The van der Waals surface area contributed by atoms with E-state index in [1.54, 1.807) is 11.8 Å². The molecule has 0 bridgehead atoms. The average molecular weight is 391 g/mol. The molecule has 1 saturated carbocycles. The van der Waals surface area contributed by atoms with E-state index in [4.69, 9.17) is 0 Å². The first-order chi connectivity index (χ1) is 12.5. The molecule has 1 fully saturated rings. The minimum atomic E-state index is -0.298. The summed E-state index contributed by atoms with van der Waals surface area (Å²) >= 11 is 2.73. The molecule has 3 rings (SSSR count). The molecular weight excluding hydrogens is 368 g/mol. The van der Waals surface area contributed by atoms with E-state index in [-0.39, 0.29) is 29.1 Å². The molecule has 1 heterocycles. The van der Waals surface area contributed by atoms with E-state index in [9.17, 15) is 9.59 Å². The number of hydrogen-bond donors (Lipinski definition) is 1. The van der Waals surface area contributed by atoms with E-state index in [1.165, 1.54) is 23.1 Å². The SMILES string of the molecule is CC(=O)N(c1nnc(SC(C)C(=O)NC(C)c2ccccc2)s1)C1CC1. The second kappa shape index (κ2) is 8.18. The smallest absolute Gasteiger partial charge is 0.233 e. The van der Waals surface area contributed by atoms with Gasteiger partial charge in [0.2, 0.25) is 16.9 Å². The Morgan fingerprint density at radius 3 is 2.54 bits per heavy atom. The molecule has 1 aromatic carbocycles. The number of aromatic nitrogens is 2. The van der Waals surface area contributed by atoms with Crippen LogP contribution in [0.5, 0.6) is 0 Å². The van der Waals surface area contributed by atoms with Crippen LogP contribution in [-0.2, 0) is 9.59 Å². The van der Waals surface area contributed by atoms with Gasteiger partial charge in [0.1, 0.15) is 0 Å². The van der Waals surface area contributed by atoms with Crippen molar-refractivity contribution in [1.82, 2.24) is 15.5 Å². The van der Waals surface area contributed by atoms with Crippen molar-refractivity contribution in [3.05, 3.63) is 35.9 Å². The summed E-state index contributed by atoms with van der Waals surface area (Å²) in [6.07, 6.45) is 2.02. The van der Waals surface area contributed by atoms with Crippen LogP contribution in [0.3, 0.4) is 0 Å². The largest absolute Gasteiger partial charge is 0.349 e. The maximum Gasteiger partial charge on any atom is 0.233 e. The molecule has 0 spiro atoms. The molecule has 2 amide bonds. The number of anilines is 1. The molecule has 138 valence electrons. The zero-order valence-corrected chi connectivity index (χ0v) is 16.6. The fourth-order valence-corrected chi connectivity index (χ4v) is 4.70. The highest BCUT2D eigenvalue weighted by atomic mass is 32.2. The predicted molar refractivity (Wildman–Crippen MR) is 104 cm³/mol. The summed E-state index contributed by atoms with van der Waals surface area (Å²) in [7, 11) is 0. The van der Waals surface area contributed by atoms with Gasteiger partial charge in [-0.2, -0.15) is 0 Å². The molecule has 1 N–H and O–H groups in total. The Hall–Kier alpha value is -1.93. The molecule has 0 radical (unpaired) electrons. The van der Waals surface area contributed by atoms with Crippen LogP contribution in [0, 0.1) is 0 Å². The van der Waals surface area contributed by atoms with Crippen LogP contribution < -0.4 is 10.2 Å². The average Bonchev–Trinajstić information content (AvgIpc) is 3.34. The second-order valence-corrected chi connectivity index (χ2v) is 8.92. The summed E-state index contributed by atoms with van der Waals surface area (Å²) in [6.45, 7) is 5.37.